The Bertz CT molecular complexity index is 1270. The molecule has 3 aromatic rings. The molecule has 2 atom stereocenters. The van der Waals surface area contributed by atoms with Crippen LogP contribution in [0.5, 0.6) is 11.5 Å². The van der Waals surface area contributed by atoms with Crippen molar-refractivity contribution < 1.29 is 19.1 Å². The van der Waals surface area contributed by atoms with Crippen LogP contribution < -0.4 is 19.7 Å². The highest BCUT2D eigenvalue weighted by Gasteiger charge is 2.32. The van der Waals surface area contributed by atoms with Crippen molar-refractivity contribution in [2.75, 3.05) is 31.0 Å². The number of anilines is 2. The molecule has 0 aliphatic carbocycles. The van der Waals surface area contributed by atoms with Crippen LogP contribution in [-0.4, -0.2) is 32.5 Å². The Hall–Kier alpha value is -3.80. The van der Waals surface area contributed by atoms with Crippen molar-refractivity contribution in [3.05, 3.63) is 83.4 Å². The second kappa shape index (κ2) is 12.2. The Morgan fingerprint density at radius 3 is 2.37 bits per heavy atom. The van der Waals surface area contributed by atoms with Crippen LogP contribution in [0.4, 0.5) is 11.4 Å². The van der Waals surface area contributed by atoms with Crippen LogP contribution in [0.15, 0.2) is 66.7 Å². The van der Waals surface area contributed by atoms with Gasteiger partial charge in [0.05, 0.1) is 31.6 Å². The van der Waals surface area contributed by atoms with Crippen LogP contribution in [0, 0.1) is 0 Å². The highest BCUT2D eigenvalue weighted by Crippen LogP contribution is 2.41. The van der Waals surface area contributed by atoms with Gasteiger partial charge in [0.25, 0.3) is 0 Å². The topological polar surface area (TPSA) is 67.9 Å². The number of ether oxygens (including phenoxy) is 2. The molecule has 1 aliphatic rings. The van der Waals surface area contributed by atoms with Gasteiger partial charge in [-0.05, 0) is 65.8 Å². The van der Waals surface area contributed by atoms with Gasteiger partial charge in [-0.15, -0.1) is 0 Å². The van der Waals surface area contributed by atoms with Gasteiger partial charge in [0.15, 0.2) is 0 Å². The molecular weight excluding hydrogens is 476 g/mol. The number of nitrogens with one attached hydrogen (secondary N) is 1. The molecule has 0 saturated heterocycles. The standard InChI is InChI=1S/C32H38N2O4/c1-21(2)24-12-15-32(38-5)28(19-24)31-20-26(36)18-25(23-10-13-27(37-4)14-11-23)16-17-33-29-8-6-7-9-30(29)34(31)22(3)35/h6-15,19,21,25,31,33H,16-18,20H2,1-5H3. The summed E-state index contributed by atoms with van der Waals surface area (Å²) in [6.07, 6.45) is 1.36. The van der Waals surface area contributed by atoms with E-state index in [0.29, 0.717) is 18.7 Å². The number of hydrogen-bond acceptors (Lipinski definition) is 5. The van der Waals surface area contributed by atoms with E-state index in [-0.39, 0.29) is 29.9 Å². The van der Waals surface area contributed by atoms with Gasteiger partial charge < -0.3 is 19.7 Å². The van der Waals surface area contributed by atoms with E-state index < -0.39 is 6.04 Å². The SMILES string of the molecule is COc1ccc(C2CCNc3ccccc3N(C(C)=O)C(c3cc(C(C)C)ccc3OC)CC(=O)C2)cc1. The fourth-order valence-electron chi connectivity index (χ4n) is 5.32. The number of rotatable bonds is 5. The summed E-state index contributed by atoms with van der Waals surface area (Å²) in [6, 6.07) is 21.4. The first kappa shape index (κ1) is 27.2. The molecule has 0 spiro atoms. The minimum atomic E-state index is -0.508. The zero-order valence-corrected chi connectivity index (χ0v) is 23.0. The number of hydrogen-bond donors (Lipinski definition) is 1. The summed E-state index contributed by atoms with van der Waals surface area (Å²) in [4.78, 5) is 28.8. The molecule has 1 amide bonds. The lowest BCUT2D eigenvalue weighted by molar-refractivity contribution is -0.120. The molecule has 38 heavy (non-hydrogen) atoms. The second-order valence-corrected chi connectivity index (χ2v) is 10.2. The largest absolute Gasteiger partial charge is 0.497 e. The molecule has 3 aromatic carbocycles. The van der Waals surface area contributed by atoms with E-state index in [1.807, 2.05) is 60.7 Å². The van der Waals surface area contributed by atoms with Crippen LogP contribution in [-0.2, 0) is 9.59 Å². The first-order chi connectivity index (χ1) is 18.3. The molecule has 0 fully saturated rings. The molecule has 0 bridgehead atoms. The van der Waals surface area contributed by atoms with Crippen molar-refractivity contribution in [2.45, 2.75) is 57.9 Å². The third-order valence-electron chi connectivity index (χ3n) is 7.38. The molecule has 0 aromatic heterocycles. The molecule has 2 unspecified atom stereocenters. The Kier molecular flexibility index (Phi) is 8.72. The van der Waals surface area contributed by atoms with Crippen LogP contribution in [0.25, 0.3) is 0 Å². The van der Waals surface area contributed by atoms with E-state index in [1.54, 1.807) is 26.0 Å². The van der Waals surface area contributed by atoms with E-state index in [1.165, 1.54) is 0 Å². The zero-order valence-electron chi connectivity index (χ0n) is 23.0. The number of ketones is 1. The third kappa shape index (κ3) is 6.01. The fraction of sp³-hybridized carbons (Fsp3) is 0.375. The van der Waals surface area contributed by atoms with Crippen molar-refractivity contribution in [1.29, 1.82) is 0 Å². The molecule has 0 saturated carbocycles. The molecular formula is C32H38N2O4. The number of carbonyl (C=O) groups is 2. The van der Waals surface area contributed by atoms with Gasteiger partial charge in [-0.2, -0.15) is 0 Å². The van der Waals surface area contributed by atoms with Gasteiger partial charge in [-0.25, -0.2) is 0 Å². The summed E-state index contributed by atoms with van der Waals surface area (Å²) in [7, 11) is 3.28. The quantitative estimate of drug-likeness (QED) is 0.402. The molecule has 0 radical (unpaired) electrons. The molecule has 200 valence electrons. The number of para-hydroxylation sites is 2. The smallest absolute Gasteiger partial charge is 0.224 e. The highest BCUT2D eigenvalue weighted by molar-refractivity contribution is 5.97. The number of methoxy groups -OCH3 is 2. The summed E-state index contributed by atoms with van der Waals surface area (Å²) in [6.45, 7) is 6.50. The van der Waals surface area contributed by atoms with Crippen molar-refractivity contribution in [2.24, 2.45) is 0 Å². The first-order valence-electron chi connectivity index (χ1n) is 13.3. The van der Waals surface area contributed by atoms with Crippen molar-refractivity contribution in [3.63, 3.8) is 0 Å². The van der Waals surface area contributed by atoms with Crippen molar-refractivity contribution in [1.82, 2.24) is 0 Å². The summed E-state index contributed by atoms with van der Waals surface area (Å²) in [5.41, 5.74) is 4.71. The predicted octanol–water partition coefficient (Wildman–Crippen LogP) is 6.87. The predicted molar refractivity (Wildman–Crippen MR) is 153 cm³/mol. The normalized spacial score (nSPS) is 18.3. The number of fused-ring (bicyclic) bond motifs is 1. The van der Waals surface area contributed by atoms with E-state index >= 15 is 0 Å². The average molecular weight is 515 g/mol. The Labute approximate surface area is 226 Å². The maximum atomic E-state index is 13.8. The Balaban J connectivity index is 1.83. The van der Waals surface area contributed by atoms with Gasteiger partial charge in [0.2, 0.25) is 5.91 Å². The lowest BCUT2D eigenvalue weighted by Crippen LogP contribution is -2.35. The third-order valence-corrected chi connectivity index (χ3v) is 7.38. The van der Waals surface area contributed by atoms with Gasteiger partial charge in [0, 0.05) is 31.9 Å². The molecule has 6 nitrogen and oxygen atoms in total. The average Bonchev–Trinajstić information content (AvgIpc) is 2.94. The maximum absolute atomic E-state index is 13.8. The van der Waals surface area contributed by atoms with Gasteiger partial charge in [-0.1, -0.05) is 44.2 Å². The number of benzene rings is 3. The van der Waals surface area contributed by atoms with Crippen molar-refractivity contribution in [3.8, 4) is 11.5 Å². The van der Waals surface area contributed by atoms with Crippen LogP contribution in [0.2, 0.25) is 0 Å². The lowest BCUT2D eigenvalue weighted by Gasteiger charge is -2.33. The minimum Gasteiger partial charge on any atom is -0.497 e. The first-order valence-corrected chi connectivity index (χ1v) is 13.3. The second-order valence-electron chi connectivity index (χ2n) is 10.2. The summed E-state index contributed by atoms with van der Waals surface area (Å²) in [5.74, 6) is 1.78. The molecule has 6 heteroatoms. The van der Waals surface area contributed by atoms with Crippen LogP contribution in [0.1, 0.15) is 74.6 Å². The molecule has 1 N–H and O–H groups in total. The molecule has 1 heterocycles. The Morgan fingerprint density at radius 1 is 0.974 bits per heavy atom. The van der Waals surface area contributed by atoms with Crippen molar-refractivity contribution >= 4 is 23.1 Å². The Morgan fingerprint density at radius 2 is 1.71 bits per heavy atom. The van der Waals surface area contributed by atoms with Crippen LogP contribution >= 0.6 is 0 Å². The van der Waals surface area contributed by atoms with E-state index in [4.69, 9.17) is 9.47 Å². The van der Waals surface area contributed by atoms with Gasteiger partial charge in [0.1, 0.15) is 17.3 Å². The van der Waals surface area contributed by atoms with E-state index in [2.05, 4.69) is 25.2 Å². The number of Topliss-reactive ketones (excluding diaryl/α,β-unsaturated/α-hetero) is 1. The maximum Gasteiger partial charge on any atom is 0.224 e. The number of nitrogens with zero attached hydrogens (tertiary/aromatic N) is 1. The van der Waals surface area contributed by atoms with E-state index in [9.17, 15) is 9.59 Å². The van der Waals surface area contributed by atoms with E-state index in [0.717, 1.165) is 40.2 Å². The lowest BCUT2D eigenvalue weighted by atomic mass is 9.87. The zero-order chi connectivity index (χ0) is 27.2. The van der Waals surface area contributed by atoms with Crippen LogP contribution in [0.3, 0.4) is 0 Å². The molecule has 4 rings (SSSR count). The fourth-order valence-corrected chi connectivity index (χ4v) is 5.32. The summed E-state index contributed by atoms with van der Waals surface area (Å²) < 4.78 is 11.1. The van der Waals surface area contributed by atoms with Gasteiger partial charge in [-0.3, -0.25) is 9.59 Å². The summed E-state index contributed by atoms with van der Waals surface area (Å²) in [5, 5.41) is 3.55. The van der Waals surface area contributed by atoms with Gasteiger partial charge >= 0.3 is 0 Å². The minimum absolute atomic E-state index is 0.0430. The number of carbonyl (C=O) groups excluding carboxylic acids is 2. The monoisotopic (exact) mass is 514 g/mol. The molecule has 1 aliphatic heterocycles. The summed E-state index contributed by atoms with van der Waals surface area (Å²) >= 11 is 0. The number of amides is 1. The highest BCUT2D eigenvalue weighted by atomic mass is 16.5.